The number of aromatic nitrogens is 3. The minimum absolute atomic E-state index is 0.343. The van der Waals surface area contributed by atoms with Gasteiger partial charge in [-0.3, -0.25) is 0 Å². The van der Waals surface area contributed by atoms with E-state index in [1.165, 1.54) is 0 Å². The molecule has 1 atom stereocenters. The van der Waals surface area contributed by atoms with Crippen LogP contribution in [-0.4, -0.2) is 39.1 Å². The van der Waals surface area contributed by atoms with Gasteiger partial charge in [0.25, 0.3) is 0 Å². The molecule has 5 nitrogen and oxygen atoms in total. The average molecular weight is 196 g/mol. The van der Waals surface area contributed by atoms with Crippen molar-refractivity contribution in [2.24, 2.45) is 5.92 Å². The van der Waals surface area contributed by atoms with Gasteiger partial charge in [0.2, 0.25) is 0 Å². The number of aliphatic hydroxyl groups excluding tert-OH is 1. The molecule has 5 heteroatoms. The van der Waals surface area contributed by atoms with Gasteiger partial charge in [0.05, 0.1) is 12.6 Å². The predicted octanol–water partition coefficient (Wildman–Crippen LogP) is -0.579. The van der Waals surface area contributed by atoms with Gasteiger partial charge in [-0.1, -0.05) is 0 Å². The zero-order valence-electron chi connectivity index (χ0n) is 8.35. The van der Waals surface area contributed by atoms with Crippen LogP contribution in [0.5, 0.6) is 0 Å². The zero-order valence-corrected chi connectivity index (χ0v) is 8.35. The molecule has 0 bridgehead atoms. The first kappa shape index (κ1) is 9.61. The molecule has 0 aromatic carbocycles. The number of aliphatic hydroxyl groups is 1. The van der Waals surface area contributed by atoms with E-state index in [0.29, 0.717) is 12.5 Å². The Morgan fingerprint density at radius 3 is 3.07 bits per heavy atom. The second-order valence-electron chi connectivity index (χ2n) is 3.98. The molecule has 1 aromatic rings. The Morgan fingerprint density at radius 1 is 1.71 bits per heavy atom. The summed E-state index contributed by atoms with van der Waals surface area (Å²) < 4.78 is 1.93. The van der Waals surface area contributed by atoms with Crippen LogP contribution in [0, 0.1) is 5.92 Å². The summed E-state index contributed by atoms with van der Waals surface area (Å²) in [5.74, 6) is 1.67. The maximum Gasteiger partial charge on any atom is 0.133 e. The zero-order chi connectivity index (χ0) is 9.97. The largest absolute Gasteiger partial charge is 0.392 e. The Morgan fingerprint density at radius 2 is 2.50 bits per heavy atom. The summed E-state index contributed by atoms with van der Waals surface area (Å²) in [6.07, 6.45) is 2.30. The van der Waals surface area contributed by atoms with Gasteiger partial charge in [-0.25, -0.2) is 0 Å². The predicted molar refractivity (Wildman–Crippen MR) is 51.8 cm³/mol. The van der Waals surface area contributed by atoms with Crippen LogP contribution >= 0.6 is 0 Å². The van der Waals surface area contributed by atoms with Crippen molar-refractivity contribution in [2.45, 2.75) is 26.0 Å². The molecule has 0 aliphatic carbocycles. The Balaban J connectivity index is 1.97. The van der Waals surface area contributed by atoms with Gasteiger partial charge in [0.1, 0.15) is 12.2 Å². The van der Waals surface area contributed by atoms with Crippen molar-refractivity contribution >= 4 is 0 Å². The van der Waals surface area contributed by atoms with Gasteiger partial charge >= 0.3 is 0 Å². The third kappa shape index (κ3) is 2.10. The van der Waals surface area contributed by atoms with Gasteiger partial charge < -0.3 is 15.0 Å². The Kier molecular flexibility index (Phi) is 2.79. The fourth-order valence-corrected chi connectivity index (χ4v) is 1.63. The molecule has 1 fully saturated rings. The van der Waals surface area contributed by atoms with Crippen molar-refractivity contribution in [1.29, 1.82) is 0 Å². The third-order valence-corrected chi connectivity index (χ3v) is 2.49. The van der Waals surface area contributed by atoms with Crippen LogP contribution < -0.4 is 5.32 Å². The van der Waals surface area contributed by atoms with Gasteiger partial charge in [0.15, 0.2) is 0 Å². The van der Waals surface area contributed by atoms with Gasteiger partial charge in [-0.05, 0) is 25.9 Å². The summed E-state index contributed by atoms with van der Waals surface area (Å²) in [6, 6.07) is 0. The van der Waals surface area contributed by atoms with Crippen LogP contribution in [0.4, 0.5) is 0 Å². The molecule has 1 unspecified atom stereocenters. The summed E-state index contributed by atoms with van der Waals surface area (Å²) in [6.45, 7) is 4.50. The Hall–Kier alpha value is -0.940. The smallest absolute Gasteiger partial charge is 0.133 e. The standard InChI is InChI=1S/C9H16N4O/c1-7(14)5-13-6-11-12-9(13)2-8-3-10-4-8/h6-8,10,14H,2-5H2,1H3. The molecule has 2 N–H and O–H groups in total. The molecule has 1 aliphatic rings. The molecule has 1 saturated heterocycles. The molecule has 1 aliphatic heterocycles. The van der Waals surface area contributed by atoms with E-state index in [9.17, 15) is 5.11 Å². The number of rotatable bonds is 4. The number of hydrogen-bond donors (Lipinski definition) is 2. The molecule has 0 amide bonds. The van der Waals surface area contributed by atoms with E-state index in [-0.39, 0.29) is 6.10 Å². The summed E-state index contributed by atoms with van der Waals surface area (Å²) in [7, 11) is 0. The van der Waals surface area contributed by atoms with E-state index >= 15 is 0 Å². The van der Waals surface area contributed by atoms with E-state index < -0.39 is 0 Å². The van der Waals surface area contributed by atoms with Crippen molar-refractivity contribution in [2.75, 3.05) is 13.1 Å². The van der Waals surface area contributed by atoms with Gasteiger partial charge in [-0.2, -0.15) is 0 Å². The molecular weight excluding hydrogens is 180 g/mol. The van der Waals surface area contributed by atoms with E-state index in [1.807, 2.05) is 4.57 Å². The fourth-order valence-electron chi connectivity index (χ4n) is 1.63. The summed E-state index contributed by atoms with van der Waals surface area (Å²) in [5, 5.41) is 20.4. The summed E-state index contributed by atoms with van der Waals surface area (Å²) in [4.78, 5) is 0. The highest BCUT2D eigenvalue weighted by molar-refractivity contribution is 4.92. The van der Waals surface area contributed by atoms with E-state index in [4.69, 9.17) is 0 Å². The van der Waals surface area contributed by atoms with Crippen LogP contribution in [0.1, 0.15) is 12.7 Å². The maximum atomic E-state index is 9.27. The fraction of sp³-hybridized carbons (Fsp3) is 0.778. The minimum atomic E-state index is -0.343. The monoisotopic (exact) mass is 196 g/mol. The molecule has 14 heavy (non-hydrogen) atoms. The molecule has 0 radical (unpaired) electrons. The lowest BCUT2D eigenvalue weighted by Gasteiger charge is -2.26. The van der Waals surface area contributed by atoms with Crippen molar-refractivity contribution < 1.29 is 5.11 Å². The van der Waals surface area contributed by atoms with Crippen LogP contribution in [0.2, 0.25) is 0 Å². The summed E-state index contributed by atoms with van der Waals surface area (Å²) >= 11 is 0. The molecule has 1 aromatic heterocycles. The molecular formula is C9H16N4O. The first-order chi connectivity index (χ1) is 6.75. The van der Waals surface area contributed by atoms with Crippen LogP contribution in [0.25, 0.3) is 0 Å². The quantitative estimate of drug-likeness (QED) is 0.676. The number of nitrogens with zero attached hydrogens (tertiary/aromatic N) is 3. The van der Waals surface area contributed by atoms with Gasteiger partial charge in [-0.15, -0.1) is 10.2 Å². The lowest BCUT2D eigenvalue weighted by Crippen LogP contribution is -2.43. The first-order valence-electron chi connectivity index (χ1n) is 5.01. The normalized spacial score (nSPS) is 19.3. The van der Waals surface area contributed by atoms with Crippen LogP contribution in [0.3, 0.4) is 0 Å². The van der Waals surface area contributed by atoms with Crippen molar-refractivity contribution in [3.05, 3.63) is 12.2 Å². The molecule has 2 rings (SSSR count). The van der Waals surface area contributed by atoms with Crippen molar-refractivity contribution in [1.82, 2.24) is 20.1 Å². The van der Waals surface area contributed by atoms with Crippen LogP contribution in [-0.2, 0) is 13.0 Å². The molecule has 2 heterocycles. The highest BCUT2D eigenvalue weighted by Gasteiger charge is 2.19. The van der Waals surface area contributed by atoms with Gasteiger partial charge in [0, 0.05) is 6.42 Å². The lowest BCUT2D eigenvalue weighted by molar-refractivity contribution is 0.171. The van der Waals surface area contributed by atoms with Crippen molar-refractivity contribution in [3.63, 3.8) is 0 Å². The van der Waals surface area contributed by atoms with Crippen LogP contribution in [0.15, 0.2) is 6.33 Å². The van der Waals surface area contributed by atoms with Crippen molar-refractivity contribution in [3.8, 4) is 0 Å². The van der Waals surface area contributed by atoms with E-state index in [1.54, 1.807) is 13.3 Å². The molecule has 78 valence electrons. The third-order valence-electron chi connectivity index (χ3n) is 2.49. The topological polar surface area (TPSA) is 63.0 Å². The molecule has 0 saturated carbocycles. The summed E-state index contributed by atoms with van der Waals surface area (Å²) in [5.41, 5.74) is 0. The first-order valence-corrected chi connectivity index (χ1v) is 5.01. The number of nitrogens with one attached hydrogen (secondary N) is 1. The maximum absolute atomic E-state index is 9.27. The minimum Gasteiger partial charge on any atom is -0.392 e. The second kappa shape index (κ2) is 4.06. The highest BCUT2D eigenvalue weighted by Crippen LogP contribution is 2.10. The Labute approximate surface area is 83.2 Å². The number of hydrogen-bond acceptors (Lipinski definition) is 4. The highest BCUT2D eigenvalue weighted by atomic mass is 16.3. The lowest BCUT2D eigenvalue weighted by atomic mass is 9.99. The average Bonchev–Trinajstić information content (AvgIpc) is 2.44. The Bertz CT molecular complexity index is 293. The molecule has 0 spiro atoms. The second-order valence-corrected chi connectivity index (χ2v) is 3.98. The van der Waals surface area contributed by atoms with E-state index in [2.05, 4.69) is 15.5 Å². The SMILES string of the molecule is CC(O)Cn1cnnc1CC1CNC1. The van der Waals surface area contributed by atoms with E-state index in [0.717, 1.165) is 25.3 Å².